The van der Waals surface area contributed by atoms with Gasteiger partial charge in [-0.25, -0.2) is 0 Å². The van der Waals surface area contributed by atoms with Crippen LogP contribution < -0.4 is 4.90 Å². The highest BCUT2D eigenvalue weighted by Gasteiger charge is 2.29. The van der Waals surface area contributed by atoms with Crippen LogP contribution in [0.4, 0.5) is 5.69 Å². The standard InChI is InChI=1S/C15H24N2O/c1-12-6-4-5-7-15(12)17-10-13(2)16(3)11-14(17)8-9-18/h4-7,13-14,18H,8-11H2,1-3H3. The van der Waals surface area contributed by atoms with E-state index in [1.807, 2.05) is 0 Å². The van der Waals surface area contributed by atoms with Crippen LogP contribution in [0.15, 0.2) is 24.3 Å². The van der Waals surface area contributed by atoms with Gasteiger partial charge in [0.2, 0.25) is 0 Å². The Morgan fingerprint density at radius 1 is 1.28 bits per heavy atom. The van der Waals surface area contributed by atoms with E-state index >= 15 is 0 Å². The molecule has 1 aromatic rings. The Balaban J connectivity index is 2.25. The molecule has 1 fully saturated rings. The van der Waals surface area contributed by atoms with Crippen LogP contribution in [0.2, 0.25) is 0 Å². The van der Waals surface area contributed by atoms with Crippen LogP contribution in [0.5, 0.6) is 0 Å². The van der Waals surface area contributed by atoms with Crippen molar-refractivity contribution in [2.75, 3.05) is 31.6 Å². The zero-order valence-electron chi connectivity index (χ0n) is 11.6. The summed E-state index contributed by atoms with van der Waals surface area (Å²) < 4.78 is 0. The van der Waals surface area contributed by atoms with Gasteiger partial charge in [-0.15, -0.1) is 0 Å². The minimum Gasteiger partial charge on any atom is -0.396 e. The highest BCUT2D eigenvalue weighted by atomic mass is 16.3. The van der Waals surface area contributed by atoms with Gasteiger partial charge >= 0.3 is 0 Å². The summed E-state index contributed by atoms with van der Waals surface area (Å²) in [5.41, 5.74) is 2.63. The van der Waals surface area contributed by atoms with Gasteiger partial charge in [0.25, 0.3) is 0 Å². The van der Waals surface area contributed by atoms with Crippen LogP contribution in [0, 0.1) is 6.92 Å². The molecule has 0 aliphatic carbocycles. The fraction of sp³-hybridized carbons (Fsp3) is 0.600. The highest BCUT2D eigenvalue weighted by molar-refractivity contribution is 5.54. The van der Waals surface area contributed by atoms with E-state index in [2.05, 4.69) is 55.0 Å². The predicted molar refractivity (Wildman–Crippen MR) is 76.1 cm³/mol. The average molecular weight is 248 g/mol. The topological polar surface area (TPSA) is 26.7 Å². The molecule has 18 heavy (non-hydrogen) atoms. The summed E-state index contributed by atoms with van der Waals surface area (Å²) in [5, 5.41) is 9.26. The van der Waals surface area contributed by atoms with Gasteiger partial charge < -0.3 is 10.0 Å². The SMILES string of the molecule is Cc1ccccc1N1CC(C)N(C)CC1CCO. The molecule has 0 radical (unpaired) electrons. The number of piperazine rings is 1. The van der Waals surface area contributed by atoms with E-state index in [-0.39, 0.29) is 6.61 Å². The minimum absolute atomic E-state index is 0.259. The van der Waals surface area contributed by atoms with E-state index in [4.69, 9.17) is 0 Å². The Kier molecular flexibility index (Phi) is 4.25. The fourth-order valence-electron chi connectivity index (χ4n) is 2.76. The molecule has 1 aliphatic rings. The third kappa shape index (κ3) is 2.68. The molecule has 1 heterocycles. The Morgan fingerprint density at radius 2 is 2.00 bits per heavy atom. The summed E-state index contributed by atoms with van der Waals surface area (Å²) in [5.74, 6) is 0. The van der Waals surface area contributed by atoms with Crippen molar-refractivity contribution < 1.29 is 5.11 Å². The van der Waals surface area contributed by atoms with Crippen LogP contribution >= 0.6 is 0 Å². The number of aliphatic hydroxyl groups excluding tert-OH is 1. The number of hydrogen-bond donors (Lipinski definition) is 1. The Bertz CT molecular complexity index is 394. The molecule has 0 spiro atoms. The van der Waals surface area contributed by atoms with E-state index < -0.39 is 0 Å². The molecule has 1 aliphatic heterocycles. The second-order valence-corrected chi connectivity index (χ2v) is 5.39. The third-order valence-electron chi connectivity index (χ3n) is 4.04. The van der Waals surface area contributed by atoms with E-state index in [9.17, 15) is 5.11 Å². The Morgan fingerprint density at radius 3 is 2.67 bits per heavy atom. The molecule has 0 aromatic heterocycles. The molecular weight excluding hydrogens is 224 g/mol. The summed E-state index contributed by atoms with van der Waals surface area (Å²) in [6.45, 7) is 6.74. The maximum Gasteiger partial charge on any atom is 0.0451 e. The number of rotatable bonds is 3. The van der Waals surface area contributed by atoms with E-state index in [0.717, 1.165) is 19.5 Å². The summed E-state index contributed by atoms with van der Waals surface area (Å²) in [6, 6.07) is 9.50. The second-order valence-electron chi connectivity index (χ2n) is 5.39. The molecule has 3 heteroatoms. The van der Waals surface area contributed by atoms with Crippen LogP contribution in [0.1, 0.15) is 18.9 Å². The first-order valence-corrected chi connectivity index (χ1v) is 6.77. The zero-order valence-corrected chi connectivity index (χ0v) is 11.6. The van der Waals surface area contributed by atoms with Crippen molar-refractivity contribution in [2.24, 2.45) is 0 Å². The van der Waals surface area contributed by atoms with Gasteiger partial charge in [-0.1, -0.05) is 18.2 Å². The Hall–Kier alpha value is -1.06. The first-order valence-electron chi connectivity index (χ1n) is 6.77. The molecule has 1 saturated heterocycles. The minimum atomic E-state index is 0.259. The lowest BCUT2D eigenvalue weighted by molar-refractivity contribution is 0.177. The number of aryl methyl sites for hydroxylation is 1. The molecule has 3 nitrogen and oxygen atoms in total. The summed E-state index contributed by atoms with van der Waals surface area (Å²) >= 11 is 0. The molecule has 1 aromatic carbocycles. The quantitative estimate of drug-likeness (QED) is 0.885. The number of benzene rings is 1. The summed E-state index contributed by atoms with van der Waals surface area (Å²) in [7, 11) is 2.17. The molecule has 2 unspecified atom stereocenters. The van der Waals surface area contributed by atoms with E-state index in [1.165, 1.54) is 11.3 Å². The largest absolute Gasteiger partial charge is 0.396 e. The van der Waals surface area contributed by atoms with E-state index in [0.29, 0.717) is 12.1 Å². The summed E-state index contributed by atoms with van der Waals surface area (Å²) in [6.07, 6.45) is 0.839. The van der Waals surface area contributed by atoms with Crippen LogP contribution in [0.3, 0.4) is 0 Å². The lowest BCUT2D eigenvalue weighted by Crippen LogP contribution is -2.56. The fourth-order valence-corrected chi connectivity index (χ4v) is 2.76. The van der Waals surface area contributed by atoms with Gasteiger partial charge in [-0.3, -0.25) is 4.90 Å². The number of para-hydroxylation sites is 1. The van der Waals surface area contributed by atoms with Crippen LogP contribution in [-0.2, 0) is 0 Å². The van der Waals surface area contributed by atoms with Crippen molar-refractivity contribution in [3.05, 3.63) is 29.8 Å². The lowest BCUT2D eigenvalue weighted by atomic mass is 10.0. The maximum absolute atomic E-state index is 9.26. The van der Waals surface area contributed by atoms with Crippen molar-refractivity contribution in [3.8, 4) is 0 Å². The monoisotopic (exact) mass is 248 g/mol. The number of anilines is 1. The number of likely N-dealkylation sites (N-methyl/N-ethyl adjacent to an activating group) is 1. The van der Waals surface area contributed by atoms with Gasteiger partial charge in [-0.2, -0.15) is 0 Å². The molecule has 1 N–H and O–H groups in total. The van der Waals surface area contributed by atoms with Crippen LogP contribution in [0.25, 0.3) is 0 Å². The molecule has 2 atom stereocenters. The first-order chi connectivity index (χ1) is 8.63. The van der Waals surface area contributed by atoms with Crippen molar-refractivity contribution in [3.63, 3.8) is 0 Å². The van der Waals surface area contributed by atoms with Gasteiger partial charge in [-0.05, 0) is 38.9 Å². The first kappa shape index (κ1) is 13.4. The predicted octanol–water partition coefficient (Wildman–Crippen LogP) is 1.89. The molecule has 0 saturated carbocycles. The maximum atomic E-state index is 9.26. The van der Waals surface area contributed by atoms with Gasteiger partial charge in [0.1, 0.15) is 0 Å². The van der Waals surface area contributed by atoms with Gasteiger partial charge in [0, 0.05) is 37.5 Å². The zero-order chi connectivity index (χ0) is 13.1. The average Bonchev–Trinajstić information content (AvgIpc) is 2.35. The van der Waals surface area contributed by atoms with Crippen LogP contribution in [-0.4, -0.2) is 48.8 Å². The van der Waals surface area contributed by atoms with Gasteiger partial charge in [0.15, 0.2) is 0 Å². The van der Waals surface area contributed by atoms with Crippen molar-refractivity contribution in [1.82, 2.24) is 4.90 Å². The third-order valence-corrected chi connectivity index (χ3v) is 4.04. The van der Waals surface area contributed by atoms with Crippen molar-refractivity contribution >= 4 is 5.69 Å². The second kappa shape index (κ2) is 5.72. The molecule has 0 amide bonds. The Labute approximate surface area is 110 Å². The summed E-state index contributed by atoms with van der Waals surface area (Å²) in [4.78, 5) is 4.85. The molecule has 100 valence electrons. The highest BCUT2D eigenvalue weighted by Crippen LogP contribution is 2.26. The number of aliphatic hydroxyl groups is 1. The van der Waals surface area contributed by atoms with Crippen molar-refractivity contribution in [2.45, 2.75) is 32.4 Å². The molecule has 0 bridgehead atoms. The normalized spacial score (nSPS) is 25.4. The van der Waals surface area contributed by atoms with Gasteiger partial charge in [0.05, 0.1) is 0 Å². The lowest BCUT2D eigenvalue weighted by Gasteiger charge is -2.45. The van der Waals surface area contributed by atoms with Crippen molar-refractivity contribution in [1.29, 1.82) is 0 Å². The number of hydrogen-bond acceptors (Lipinski definition) is 3. The smallest absolute Gasteiger partial charge is 0.0451 e. The molecule has 2 rings (SSSR count). The molecular formula is C15H24N2O. The number of nitrogens with zero attached hydrogens (tertiary/aromatic N) is 2. The van der Waals surface area contributed by atoms with E-state index in [1.54, 1.807) is 0 Å².